The lowest BCUT2D eigenvalue weighted by Gasteiger charge is -2.47. The maximum atomic E-state index is 6.00. The van der Waals surface area contributed by atoms with Gasteiger partial charge < -0.3 is 10.1 Å². The molecule has 0 radical (unpaired) electrons. The summed E-state index contributed by atoms with van der Waals surface area (Å²) in [5.74, 6) is 1.35. The van der Waals surface area contributed by atoms with Gasteiger partial charge in [0.25, 0.3) is 0 Å². The lowest BCUT2D eigenvalue weighted by Crippen LogP contribution is -2.58. The van der Waals surface area contributed by atoms with Gasteiger partial charge in [-0.05, 0) is 78.6 Å². The Hall–Kier alpha value is 0.110. The van der Waals surface area contributed by atoms with Gasteiger partial charge in [0.1, 0.15) is 0 Å². The van der Waals surface area contributed by atoms with Crippen molar-refractivity contribution in [2.24, 2.45) is 11.8 Å². The molecule has 0 aromatic carbocycles. The van der Waals surface area contributed by atoms with Crippen LogP contribution in [0.1, 0.15) is 72.6 Å². The Kier molecular flexibility index (Phi) is 6.87. The van der Waals surface area contributed by atoms with Crippen LogP contribution in [0.3, 0.4) is 0 Å². The van der Waals surface area contributed by atoms with Gasteiger partial charge in [0, 0.05) is 43.2 Å². The predicted octanol–water partition coefficient (Wildman–Crippen LogP) is 2.82. The van der Waals surface area contributed by atoms with E-state index in [0.717, 1.165) is 18.9 Å². The highest BCUT2D eigenvalue weighted by molar-refractivity contribution is 8.00. The van der Waals surface area contributed by atoms with Crippen LogP contribution in [0.5, 0.6) is 0 Å². The topological polar surface area (TPSA) is 60.6 Å². The van der Waals surface area contributed by atoms with E-state index in [1.807, 2.05) is 7.11 Å². The Labute approximate surface area is 182 Å². The van der Waals surface area contributed by atoms with E-state index < -0.39 is 0 Å². The van der Waals surface area contributed by atoms with E-state index in [1.54, 1.807) is 0 Å². The van der Waals surface area contributed by atoms with E-state index in [2.05, 4.69) is 66.1 Å². The zero-order chi connectivity index (χ0) is 20.6. The molecule has 4 fully saturated rings. The molecule has 1 saturated carbocycles. The largest absolute Gasteiger partial charge is 0.381 e. The number of piperidine rings is 1. The van der Waals surface area contributed by atoms with Gasteiger partial charge >= 0.3 is 0 Å². The van der Waals surface area contributed by atoms with Crippen LogP contribution in [0.4, 0.5) is 0 Å². The van der Waals surface area contributed by atoms with Crippen LogP contribution in [0.2, 0.25) is 0 Å². The number of nitrogens with zero attached hydrogens (tertiary/aromatic N) is 1. The van der Waals surface area contributed by atoms with Crippen molar-refractivity contribution in [2.45, 2.75) is 107 Å². The quantitative estimate of drug-likeness (QED) is 0.540. The molecule has 6 nitrogen and oxygen atoms in total. The lowest BCUT2D eigenvalue weighted by atomic mass is 9.75. The first-order chi connectivity index (χ1) is 13.7. The highest BCUT2D eigenvalue weighted by Crippen LogP contribution is 2.41. The van der Waals surface area contributed by atoms with Crippen molar-refractivity contribution >= 4 is 11.8 Å². The smallest absolute Gasteiger partial charge is 0.0735 e. The molecular formula is C22H43N5OS. The molecule has 0 aromatic rings. The molecule has 4 aliphatic rings. The molecule has 3 aliphatic heterocycles. The van der Waals surface area contributed by atoms with Crippen molar-refractivity contribution in [3.63, 3.8) is 0 Å². The number of hydrogen-bond donors (Lipinski definition) is 4. The van der Waals surface area contributed by atoms with Gasteiger partial charge in [0.2, 0.25) is 0 Å². The average Bonchev–Trinajstić information content (AvgIpc) is 3.30. The van der Waals surface area contributed by atoms with E-state index in [-0.39, 0.29) is 11.1 Å². The summed E-state index contributed by atoms with van der Waals surface area (Å²) in [7, 11) is 1.90. The first-order valence-electron chi connectivity index (χ1n) is 11.7. The van der Waals surface area contributed by atoms with Gasteiger partial charge in [-0.2, -0.15) is 0 Å². The number of hydrazine groups is 2. The fourth-order valence-corrected chi connectivity index (χ4v) is 8.16. The summed E-state index contributed by atoms with van der Waals surface area (Å²) in [6, 6.07) is 0.632. The summed E-state index contributed by atoms with van der Waals surface area (Å²) < 4.78 is 6.00. The van der Waals surface area contributed by atoms with Crippen molar-refractivity contribution in [1.82, 2.24) is 26.6 Å². The van der Waals surface area contributed by atoms with Crippen molar-refractivity contribution in [3.05, 3.63) is 0 Å². The van der Waals surface area contributed by atoms with Gasteiger partial charge in [-0.1, -0.05) is 0 Å². The van der Waals surface area contributed by atoms with E-state index >= 15 is 0 Å². The molecule has 168 valence electrons. The normalized spacial score (nSPS) is 41.1. The van der Waals surface area contributed by atoms with E-state index in [1.165, 1.54) is 45.1 Å². The lowest BCUT2D eigenvalue weighted by molar-refractivity contribution is -0.0192. The van der Waals surface area contributed by atoms with Gasteiger partial charge in [-0.25, -0.2) is 15.9 Å². The minimum atomic E-state index is 0.228. The molecule has 0 aromatic heterocycles. The third-order valence-electron chi connectivity index (χ3n) is 7.36. The summed E-state index contributed by atoms with van der Waals surface area (Å²) >= 11 is 2.11. The summed E-state index contributed by atoms with van der Waals surface area (Å²) in [6.07, 6.45) is 9.04. The molecule has 5 atom stereocenters. The van der Waals surface area contributed by atoms with Gasteiger partial charge in [0.15, 0.2) is 0 Å². The Morgan fingerprint density at radius 2 is 1.83 bits per heavy atom. The molecule has 1 aliphatic carbocycles. The van der Waals surface area contributed by atoms with E-state index in [0.29, 0.717) is 28.8 Å². The zero-order valence-electron chi connectivity index (χ0n) is 19.1. The van der Waals surface area contributed by atoms with Gasteiger partial charge in [-0.15, -0.1) is 11.8 Å². The predicted molar refractivity (Wildman–Crippen MR) is 121 cm³/mol. The van der Waals surface area contributed by atoms with Gasteiger partial charge in [-0.3, -0.25) is 5.43 Å². The molecule has 29 heavy (non-hydrogen) atoms. The van der Waals surface area contributed by atoms with Crippen molar-refractivity contribution in [3.8, 4) is 0 Å². The Balaban J connectivity index is 1.30. The molecule has 0 amide bonds. The van der Waals surface area contributed by atoms with Crippen LogP contribution in [0.25, 0.3) is 0 Å². The van der Waals surface area contributed by atoms with Crippen LogP contribution in [0.15, 0.2) is 0 Å². The molecule has 3 heterocycles. The zero-order valence-corrected chi connectivity index (χ0v) is 19.9. The summed E-state index contributed by atoms with van der Waals surface area (Å²) in [5.41, 5.74) is 11.3. The highest BCUT2D eigenvalue weighted by atomic mass is 32.2. The molecule has 0 bridgehead atoms. The summed E-state index contributed by atoms with van der Waals surface area (Å²) in [6.45, 7) is 11.7. The first kappa shape index (κ1) is 22.3. The minimum Gasteiger partial charge on any atom is -0.381 e. The maximum absolute atomic E-state index is 6.00. The van der Waals surface area contributed by atoms with Crippen LogP contribution >= 0.6 is 11.8 Å². The standard InChI is InChI=1S/C22H43N5OS/c1-21(2)13-15(14-22(3,4)26-21)11-19-24-25-20(29-19)17-8-7-16(12-18(17)28-5)27-10-6-9-23-27/h15-20,23-26H,6-14H2,1-5H3. The molecule has 7 heteroatoms. The van der Waals surface area contributed by atoms with Crippen molar-refractivity contribution < 1.29 is 4.74 Å². The number of methoxy groups -OCH3 is 1. The first-order valence-corrected chi connectivity index (χ1v) is 12.7. The summed E-state index contributed by atoms with van der Waals surface area (Å²) in [4.78, 5) is 0. The SMILES string of the molecule is COC1CC(N2CCCN2)CCC1C1NNC(CC2CC(C)(C)NC(C)(C)C2)S1. The number of nitrogens with one attached hydrogen (secondary N) is 4. The molecule has 0 spiro atoms. The van der Waals surface area contributed by atoms with Crippen molar-refractivity contribution in [1.29, 1.82) is 0 Å². The number of thioether (sulfide) groups is 1. The van der Waals surface area contributed by atoms with Gasteiger partial charge in [0.05, 0.1) is 16.9 Å². The monoisotopic (exact) mass is 425 g/mol. The molecule has 4 rings (SSSR count). The minimum absolute atomic E-state index is 0.228. The second-order valence-corrected chi connectivity index (χ2v) is 12.4. The number of hydrogen-bond acceptors (Lipinski definition) is 7. The Bertz CT molecular complexity index is 537. The second kappa shape index (κ2) is 8.93. The van der Waals surface area contributed by atoms with Crippen LogP contribution in [-0.2, 0) is 4.74 Å². The molecule has 5 unspecified atom stereocenters. The third-order valence-corrected chi connectivity index (χ3v) is 8.76. The second-order valence-electron chi connectivity index (χ2n) is 11.1. The Morgan fingerprint density at radius 3 is 2.48 bits per heavy atom. The van der Waals surface area contributed by atoms with E-state index in [9.17, 15) is 0 Å². The number of ether oxygens (including phenoxy) is 1. The van der Waals surface area contributed by atoms with Crippen LogP contribution in [-0.4, -0.2) is 59.2 Å². The maximum Gasteiger partial charge on any atom is 0.0735 e. The fourth-order valence-electron chi connectivity index (χ4n) is 6.64. The summed E-state index contributed by atoms with van der Waals surface area (Å²) in [5, 5.41) is 7.25. The Morgan fingerprint density at radius 1 is 1.07 bits per heavy atom. The number of rotatable bonds is 5. The average molecular weight is 426 g/mol. The van der Waals surface area contributed by atoms with E-state index in [4.69, 9.17) is 4.74 Å². The third kappa shape index (κ3) is 5.48. The fraction of sp³-hybridized carbons (Fsp3) is 1.00. The molecule has 4 N–H and O–H groups in total. The van der Waals surface area contributed by atoms with Crippen LogP contribution < -0.4 is 21.6 Å². The van der Waals surface area contributed by atoms with Crippen molar-refractivity contribution in [2.75, 3.05) is 20.2 Å². The van der Waals surface area contributed by atoms with Crippen LogP contribution in [0, 0.1) is 11.8 Å². The molecule has 3 saturated heterocycles. The molecular weight excluding hydrogens is 382 g/mol. The highest BCUT2D eigenvalue weighted by Gasteiger charge is 2.43.